The molecule has 0 aliphatic carbocycles. The van der Waals surface area contributed by atoms with Crippen LogP contribution in [0.4, 0.5) is 5.69 Å². The number of carbonyl (C=O) groups is 1. The summed E-state index contributed by atoms with van der Waals surface area (Å²) < 4.78 is 3.06. The lowest BCUT2D eigenvalue weighted by Gasteiger charge is -2.03. The normalized spacial score (nSPS) is 11.4. The third kappa shape index (κ3) is 5.78. The van der Waals surface area contributed by atoms with Gasteiger partial charge in [-0.15, -0.1) is 11.3 Å². The first-order chi connectivity index (χ1) is 17.5. The van der Waals surface area contributed by atoms with Gasteiger partial charge < -0.3 is 5.11 Å². The van der Waals surface area contributed by atoms with Gasteiger partial charge in [-0.05, 0) is 78.9 Å². The molecule has 178 valence electrons. The summed E-state index contributed by atoms with van der Waals surface area (Å²) in [4.78, 5) is 22.0. The number of hydrogen-bond acceptors (Lipinski definition) is 6. The largest absolute Gasteiger partial charge is 0.506 e. The fraction of sp³-hybridized carbons (Fsp3) is 0.0357. The van der Waals surface area contributed by atoms with Gasteiger partial charge in [-0.25, -0.2) is 4.98 Å². The van der Waals surface area contributed by atoms with Crippen molar-refractivity contribution in [2.75, 3.05) is 5.75 Å². The van der Waals surface area contributed by atoms with Crippen molar-refractivity contribution >= 4 is 82.9 Å². The lowest BCUT2D eigenvalue weighted by atomic mass is 10.0. The number of aromatic nitrogens is 1. The second-order valence-electron chi connectivity index (χ2n) is 7.88. The van der Waals surface area contributed by atoms with Crippen LogP contribution >= 0.6 is 55.0 Å². The van der Waals surface area contributed by atoms with E-state index in [0.29, 0.717) is 20.3 Å². The summed E-state index contributed by atoms with van der Waals surface area (Å²) >= 11 is 9.68. The highest BCUT2D eigenvalue weighted by Gasteiger charge is 2.11. The zero-order valence-corrected chi connectivity index (χ0v) is 23.5. The summed E-state index contributed by atoms with van der Waals surface area (Å²) in [6.45, 7) is 0. The molecule has 0 aliphatic rings. The van der Waals surface area contributed by atoms with Crippen molar-refractivity contribution in [1.82, 2.24) is 4.98 Å². The van der Waals surface area contributed by atoms with Gasteiger partial charge in [-0.1, -0.05) is 66.4 Å². The number of phenolic OH excluding ortho intramolecular Hbond substituents is 1. The maximum absolute atomic E-state index is 12.7. The quantitative estimate of drug-likeness (QED) is 0.110. The molecule has 1 heterocycles. The Hall–Kier alpha value is -2.78. The van der Waals surface area contributed by atoms with Crippen LogP contribution < -0.4 is 0 Å². The van der Waals surface area contributed by atoms with Crippen LogP contribution in [0.3, 0.4) is 0 Å². The molecule has 0 spiro atoms. The van der Waals surface area contributed by atoms with Crippen LogP contribution in [0, 0.1) is 0 Å². The third-order valence-electron chi connectivity index (χ3n) is 5.40. The average molecular weight is 638 g/mol. The second kappa shape index (κ2) is 11.1. The number of phenols is 1. The lowest BCUT2D eigenvalue weighted by molar-refractivity contribution is 0.102. The number of ketones is 1. The smallest absolute Gasteiger partial charge is 0.173 e. The van der Waals surface area contributed by atoms with E-state index in [4.69, 9.17) is 0 Å². The van der Waals surface area contributed by atoms with Gasteiger partial charge in [0.05, 0.1) is 30.6 Å². The van der Waals surface area contributed by atoms with Crippen molar-refractivity contribution in [3.05, 3.63) is 105 Å². The maximum Gasteiger partial charge on any atom is 0.173 e. The molecule has 0 radical (unpaired) electrons. The Morgan fingerprint density at radius 1 is 0.944 bits per heavy atom. The maximum atomic E-state index is 12.7. The highest BCUT2D eigenvalue weighted by Crippen LogP contribution is 2.34. The van der Waals surface area contributed by atoms with Gasteiger partial charge in [0.2, 0.25) is 0 Å². The second-order valence-corrected chi connectivity index (χ2v) is 11.8. The van der Waals surface area contributed by atoms with E-state index in [1.165, 1.54) is 11.8 Å². The van der Waals surface area contributed by atoms with E-state index in [2.05, 4.69) is 54.0 Å². The Balaban J connectivity index is 1.24. The Bertz CT molecular complexity index is 1560. The first-order valence-corrected chi connectivity index (χ1v) is 14.3. The third-order valence-corrected chi connectivity index (χ3v) is 8.77. The van der Waals surface area contributed by atoms with Crippen LogP contribution in [-0.2, 0) is 0 Å². The molecule has 4 aromatic carbocycles. The number of carbonyl (C=O) groups excluding carboxylic acids is 1. The molecule has 8 heteroatoms. The van der Waals surface area contributed by atoms with E-state index in [1.54, 1.807) is 29.7 Å². The number of fused-ring (bicyclic) bond motifs is 1. The fourth-order valence-electron chi connectivity index (χ4n) is 3.53. The number of aliphatic imine (C=N–C) groups is 1. The first-order valence-electron chi connectivity index (χ1n) is 10.9. The molecule has 0 saturated carbocycles. The number of nitrogens with zero attached hydrogens (tertiary/aromatic N) is 2. The number of thioether (sulfide) groups is 1. The number of aromatic hydroxyl groups is 1. The number of thiazole rings is 1. The van der Waals surface area contributed by atoms with Gasteiger partial charge in [0.15, 0.2) is 10.1 Å². The minimum atomic E-state index is 0.0791. The van der Waals surface area contributed by atoms with E-state index in [0.717, 1.165) is 36.9 Å². The predicted octanol–water partition coefficient (Wildman–Crippen LogP) is 8.92. The van der Waals surface area contributed by atoms with Crippen LogP contribution in [0.25, 0.3) is 21.3 Å². The summed E-state index contributed by atoms with van der Waals surface area (Å²) in [5.41, 5.74) is 5.46. The molecule has 0 saturated heterocycles. The molecular weight excluding hydrogens is 620 g/mol. The van der Waals surface area contributed by atoms with Crippen molar-refractivity contribution in [3.8, 4) is 16.9 Å². The molecule has 0 atom stereocenters. The molecule has 0 unspecified atom stereocenters. The van der Waals surface area contributed by atoms with E-state index in [1.807, 2.05) is 60.7 Å². The molecule has 0 amide bonds. The molecular formula is C28H18Br2N2O2S2. The summed E-state index contributed by atoms with van der Waals surface area (Å²) in [5.74, 6) is 0.571. The summed E-state index contributed by atoms with van der Waals surface area (Å²) in [7, 11) is 0. The Morgan fingerprint density at radius 3 is 2.36 bits per heavy atom. The Morgan fingerprint density at radius 2 is 1.64 bits per heavy atom. The number of rotatable bonds is 7. The van der Waals surface area contributed by atoms with Gasteiger partial charge in [-0.2, -0.15) is 0 Å². The minimum absolute atomic E-state index is 0.0791. The van der Waals surface area contributed by atoms with E-state index in [-0.39, 0.29) is 11.5 Å². The number of halogens is 2. The van der Waals surface area contributed by atoms with Crippen LogP contribution in [-0.4, -0.2) is 27.8 Å². The Labute approximate surface area is 233 Å². The van der Waals surface area contributed by atoms with Gasteiger partial charge in [0.1, 0.15) is 5.75 Å². The molecule has 1 aromatic heterocycles. The van der Waals surface area contributed by atoms with Crippen LogP contribution in [0.5, 0.6) is 5.75 Å². The van der Waals surface area contributed by atoms with Crippen LogP contribution in [0.15, 0.2) is 103 Å². The van der Waals surface area contributed by atoms with Crippen molar-refractivity contribution < 1.29 is 9.90 Å². The number of benzene rings is 4. The molecule has 4 nitrogen and oxygen atoms in total. The summed E-state index contributed by atoms with van der Waals surface area (Å²) in [6.07, 6.45) is 1.74. The molecule has 0 fully saturated rings. The van der Waals surface area contributed by atoms with Crippen LogP contribution in [0.2, 0.25) is 0 Å². The monoisotopic (exact) mass is 636 g/mol. The van der Waals surface area contributed by atoms with Gasteiger partial charge >= 0.3 is 0 Å². The standard InChI is InChI=1S/C28H18Br2N2O2S2/c29-22-12-17(13-23(30)27(22)34)15-31-21-10-11-24-26(14-21)36-28(32-24)35-16-25(33)20-8-6-19(7-9-20)18-4-2-1-3-5-18/h1-15,34H,16H2. The van der Waals surface area contributed by atoms with E-state index < -0.39 is 0 Å². The van der Waals surface area contributed by atoms with E-state index >= 15 is 0 Å². The molecule has 0 aliphatic heterocycles. The SMILES string of the molecule is O=C(CSc1nc2ccc(N=Cc3cc(Br)c(O)c(Br)c3)cc2s1)c1ccc(-c2ccccc2)cc1. The van der Waals surface area contributed by atoms with Crippen LogP contribution in [0.1, 0.15) is 15.9 Å². The zero-order valence-electron chi connectivity index (χ0n) is 18.7. The average Bonchev–Trinajstić information content (AvgIpc) is 3.32. The molecule has 5 aromatic rings. The van der Waals surface area contributed by atoms with E-state index in [9.17, 15) is 9.90 Å². The molecule has 5 rings (SSSR count). The molecule has 1 N–H and O–H groups in total. The van der Waals surface area contributed by atoms with Crippen molar-refractivity contribution in [1.29, 1.82) is 0 Å². The van der Waals surface area contributed by atoms with Crippen molar-refractivity contribution in [2.24, 2.45) is 4.99 Å². The van der Waals surface area contributed by atoms with Crippen molar-refractivity contribution in [2.45, 2.75) is 4.34 Å². The summed E-state index contributed by atoms with van der Waals surface area (Å²) in [5, 5.41) is 9.87. The first kappa shape index (κ1) is 24.9. The van der Waals surface area contributed by atoms with Crippen molar-refractivity contribution in [3.63, 3.8) is 0 Å². The summed E-state index contributed by atoms with van der Waals surface area (Å²) in [6, 6.07) is 27.3. The fourth-order valence-corrected chi connectivity index (χ4v) is 6.75. The minimum Gasteiger partial charge on any atom is -0.506 e. The molecule has 0 bridgehead atoms. The number of Topliss-reactive ketones (excluding diaryl/α,β-unsaturated/α-hetero) is 1. The Kier molecular flexibility index (Phi) is 7.67. The number of hydrogen-bond donors (Lipinski definition) is 1. The lowest BCUT2D eigenvalue weighted by Crippen LogP contribution is -2.01. The highest BCUT2D eigenvalue weighted by atomic mass is 79.9. The zero-order chi connectivity index (χ0) is 25.1. The van der Waals surface area contributed by atoms with Gasteiger partial charge in [0.25, 0.3) is 0 Å². The highest BCUT2D eigenvalue weighted by molar-refractivity contribution is 9.11. The topological polar surface area (TPSA) is 62.5 Å². The molecule has 36 heavy (non-hydrogen) atoms. The van der Waals surface area contributed by atoms with Gasteiger partial charge in [-0.3, -0.25) is 9.79 Å². The van der Waals surface area contributed by atoms with Gasteiger partial charge in [0, 0.05) is 11.8 Å². The predicted molar refractivity (Wildman–Crippen MR) is 157 cm³/mol.